The van der Waals surface area contributed by atoms with Crippen molar-refractivity contribution in [1.29, 1.82) is 0 Å². The van der Waals surface area contributed by atoms with Crippen LogP contribution < -0.4 is 4.74 Å². The van der Waals surface area contributed by atoms with Gasteiger partial charge in [-0.15, -0.1) is 0 Å². The van der Waals surface area contributed by atoms with Crippen LogP contribution in [0.25, 0.3) is 0 Å². The maximum atomic E-state index is 10.4. The molecule has 64 valence electrons. The topological polar surface area (TPSA) is 72.3 Å². The van der Waals surface area contributed by atoms with Gasteiger partial charge in [0, 0.05) is 6.07 Å². The number of aromatic nitrogens is 2. The summed E-state index contributed by atoms with van der Waals surface area (Å²) in [6.45, 7) is 0. The lowest BCUT2D eigenvalue weighted by Gasteiger charge is -1.99. The van der Waals surface area contributed by atoms with Gasteiger partial charge in [0.2, 0.25) is 11.7 Å². The summed E-state index contributed by atoms with van der Waals surface area (Å²) in [7, 11) is 1.37. The Hall–Kier alpha value is -1.36. The predicted octanol–water partition coefficient (Wildman–Crippen LogP) is 0.837. The van der Waals surface area contributed by atoms with Crippen LogP contribution in [0.2, 0.25) is 5.15 Å². The smallest absolute Gasteiger partial charge is 0.374 e. The van der Waals surface area contributed by atoms with Crippen molar-refractivity contribution in [1.82, 2.24) is 9.97 Å². The molecular weight excluding hydrogens is 184 g/mol. The minimum atomic E-state index is -1.24. The number of hydrogen-bond acceptors (Lipinski definition) is 4. The first-order valence-corrected chi connectivity index (χ1v) is 3.33. The molecule has 0 unspecified atom stereocenters. The Bertz CT molecular complexity index is 316. The fourth-order valence-electron chi connectivity index (χ4n) is 0.597. The SMILES string of the molecule is COc1cc(Cl)nc(C(=O)O)n1. The van der Waals surface area contributed by atoms with Crippen molar-refractivity contribution in [2.75, 3.05) is 7.11 Å². The number of aromatic carboxylic acids is 1. The molecule has 0 amide bonds. The molecule has 0 bridgehead atoms. The maximum absolute atomic E-state index is 10.4. The van der Waals surface area contributed by atoms with Crippen molar-refractivity contribution in [3.05, 3.63) is 17.0 Å². The summed E-state index contributed by atoms with van der Waals surface area (Å²) < 4.78 is 4.69. The number of rotatable bonds is 2. The highest BCUT2D eigenvalue weighted by Gasteiger charge is 2.09. The summed E-state index contributed by atoms with van der Waals surface area (Å²) in [5.74, 6) is -1.48. The highest BCUT2D eigenvalue weighted by Crippen LogP contribution is 2.12. The van der Waals surface area contributed by atoms with Crippen LogP contribution in [0.15, 0.2) is 6.07 Å². The van der Waals surface area contributed by atoms with Crippen LogP contribution in [0.5, 0.6) is 5.88 Å². The molecule has 5 nitrogen and oxygen atoms in total. The largest absolute Gasteiger partial charge is 0.481 e. The summed E-state index contributed by atoms with van der Waals surface area (Å²) in [5.41, 5.74) is 0. The molecule has 1 rings (SSSR count). The lowest BCUT2D eigenvalue weighted by molar-refractivity contribution is 0.0682. The lowest BCUT2D eigenvalue weighted by Crippen LogP contribution is -2.05. The Balaban J connectivity index is 3.15. The van der Waals surface area contributed by atoms with Gasteiger partial charge in [0.25, 0.3) is 0 Å². The zero-order valence-electron chi connectivity index (χ0n) is 6.11. The molecule has 0 aliphatic carbocycles. The van der Waals surface area contributed by atoms with E-state index in [9.17, 15) is 4.79 Å². The Morgan fingerprint density at radius 3 is 2.83 bits per heavy atom. The van der Waals surface area contributed by atoms with Crippen LogP contribution in [0.3, 0.4) is 0 Å². The van der Waals surface area contributed by atoms with Gasteiger partial charge in [-0.3, -0.25) is 0 Å². The highest BCUT2D eigenvalue weighted by atomic mass is 35.5. The first kappa shape index (κ1) is 8.73. The Morgan fingerprint density at radius 2 is 2.33 bits per heavy atom. The molecule has 0 saturated carbocycles. The van der Waals surface area contributed by atoms with Crippen molar-refractivity contribution in [3.63, 3.8) is 0 Å². The van der Waals surface area contributed by atoms with Crippen molar-refractivity contribution in [3.8, 4) is 5.88 Å². The van der Waals surface area contributed by atoms with Gasteiger partial charge in [-0.25, -0.2) is 9.78 Å². The van der Waals surface area contributed by atoms with Crippen LogP contribution >= 0.6 is 11.6 Å². The Morgan fingerprint density at radius 1 is 1.67 bits per heavy atom. The van der Waals surface area contributed by atoms with E-state index in [0.29, 0.717) is 0 Å². The number of carboxylic acid groups (broad SMARTS) is 1. The molecule has 0 fully saturated rings. The van der Waals surface area contributed by atoms with Crippen LogP contribution in [0.1, 0.15) is 10.6 Å². The molecule has 0 saturated heterocycles. The van der Waals surface area contributed by atoms with Gasteiger partial charge in [-0.2, -0.15) is 4.98 Å². The second-order valence-corrected chi connectivity index (χ2v) is 2.25. The fraction of sp³-hybridized carbons (Fsp3) is 0.167. The lowest BCUT2D eigenvalue weighted by atomic mass is 10.5. The van der Waals surface area contributed by atoms with E-state index in [4.69, 9.17) is 16.7 Å². The standard InChI is InChI=1S/C6H5ClN2O3/c1-12-4-2-3(7)8-5(9-4)6(10)11/h2H,1H3,(H,10,11). The summed E-state index contributed by atoms with van der Waals surface area (Å²) in [6, 6.07) is 1.33. The molecule has 0 spiro atoms. The van der Waals surface area contributed by atoms with Crippen LogP contribution in [0.4, 0.5) is 0 Å². The third kappa shape index (κ3) is 1.82. The van der Waals surface area contributed by atoms with Crippen LogP contribution in [-0.2, 0) is 0 Å². The van der Waals surface area contributed by atoms with Gasteiger partial charge in [-0.1, -0.05) is 11.6 Å². The first-order valence-electron chi connectivity index (χ1n) is 2.95. The van der Waals surface area contributed by atoms with E-state index in [0.717, 1.165) is 0 Å². The fourth-order valence-corrected chi connectivity index (χ4v) is 0.771. The van der Waals surface area contributed by atoms with Crippen molar-refractivity contribution >= 4 is 17.6 Å². The molecule has 0 atom stereocenters. The van der Waals surface area contributed by atoms with Crippen LogP contribution in [-0.4, -0.2) is 28.2 Å². The Kier molecular flexibility index (Phi) is 2.44. The summed E-state index contributed by atoms with van der Waals surface area (Å²) in [4.78, 5) is 17.4. The van der Waals surface area contributed by atoms with Gasteiger partial charge >= 0.3 is 5.97 Å². The molecule has 1 heterocycles. The van der Waals surface area contributed by atoms with Gasteiger partial charge < -0.3 is 9.84 Å². The normalized spacial score (nSPS) is 9.50. The van der Waals surface area contributed by atoms with Crippen molar-refractivity contribution in [2.45, 2.75) is 0 Å². The minimum Gasteiger partial charge on any atom is -0.481 e. The van der Waals surface area contributed by atoms with E-state index in [-0.39, 0.29) is 16.9 Å². The highest BCUT2D eigenvalue weighted by molar-refractivity contribution is 6.29. The van der Waals surface area contributed by atoms with Gasteiger partial charge in [0.15, 0.2) is 0 Å². The summed E-state index contributed by atoms with van der Waals surface area (Å²) in [5, 5.41) is 8.53. The number of methoxy groups -OCH3 is 1. The Labute approximate surface area is 73.0 Å². The molecular formula is C6H5ClN2O3. The van der Waals surface area contributed by atoms with Gasteiger partial charge in [0.05, 0.1) is 7.11 Å². The minimum absolute atomic E-state index is 0.0410. The zero-order chi connectivity index (χ0) is 9.14. The van der Waals surface area contributed by atoms with E-state index < -0.39 is 5.97 Å². The average Bonchev–Trinajstić information content (AvgIpc) is 2.03. The predicted molar refractivity (Wildman–Crippen MR) is 40.6 cm³/mol. The molecule has 12 heavy (non-hydrogen) atoms. The molecule has 0 radical (unpaired) electrons. The van der Waals surface area contributed by atoms with E-state index >= 15 is 0 Å². The van der Waals surface area contributed by atoms with E-state index in [1.807, 2.05) is 0 Å². The number of ether oxygens (including phenoxy) is 1. The van der Waals surface area contributed by atoms with E-state index in [2.05, 4.69) is 14.7 Å². The maximum Gasteiger partial charge on any atom is 0.374 e. The van der Waals surface area contributed by atoms with Gasteiger partial charge in [0.1, 0.15) is 5.15 Å². The third-order valence-electron chi connectivity index (χ3n) is 1.07. The summed E-state index contributed by atoms with van der Waals surface area (Å²) in [6.07, 6.45) is 0. The average molecular weight is 189 g/mol. The van der Waals surface area contributed by atoms with E-state index in [1.165, 1.54) is 13.2 Å². The quantitative estimate of drug-likeness (QED) is 0.697. The number of carboxylic acids is 1. The molecule has 0 aliphatic heterocycles. The van der Waals surface area contributed by atoms with Gasteiger partial charge in [-0.05, 0) is 0 Å². The number of halogens is 1. The number of carbonyl (C=O) groups is 1. The summed E-state index contributed by atoms with van der Waals surface area (Å²) >= 11 is 5.48. The monoisotopic (exact) mass is 188 g/mol. The molecule has 0 aromatic carbocycles. The molecule has 0 aliphatic rings. The van der Waals surface area contributed by atoms with Crippen LogP contribution in [0, 0.1) is 0 Å². The zero-order valence-corrected chi connectivity index (χ0v) is 6.87. The molecule has 1 N–H and O–H groups in total. The molecule has 1 aromatic rings. The third-order valence-corrected chi connectivity index (χ3v) is 1.27. The second kappa shape index (κ2) is 3.36. The van der Waals surface area contributed by atoms with E-state index in [1.54, 1.807) is 0 Å². The van der Waals surface area contributed by atoms with Crippen molar-refractivity contribution in [2.24, 2.45) is 0 Å². The second-order valence-electron chi connectivity index (χ2n) is 1.86. The van der Waals surface area contributed by atoms with Crippen molar-refractivity contribution < 1.29 is 14.6 Å². The number of hydrogen-bond donors (Lipinski definition) is 1. The number of nitrogens with zero attached hydrogens (tertiary/aromatic N) is 2. The molecule has 6 heteroatoms. The first-order chi connectivity index (χ1) is 5.63. The molecule has 1 aromatic heterocycles.